The summed E-state index contributed by atoms with van der Waals surface area (Å²) >= 11 is 3.05. The van der Waals surface area contributed by atoms with E-state index in [0.717, 1.165) is 9.47 Å². The molecule has 94 valence electrons. The Morgan fingerprint density at radius 3 is 2.94 bits per heavy atom. The van der Waals surface area contributed by atoms with Gasteiger partial charge in [-0.15, -0.1) is 10.2 Å². The van der Waals surface area contributed by atoms with Crippen molar-refractivity contribution < 1.29 is 4.39 Å². The van der Waals surface area contributed by atoms with Crippen molar-refractivity contribution in [2.24, 2.45) is 0 Å². The topological polar surface area (TPSA) is 37.8 Å². The first-order valence-electron chi connectivity index (χ1n) is 5.77. The molecule has 18 heavy (non-hydrogen) atoms. The third-order valence-electron chi connectivity index (χ3n) is 2.62. The predicted molar refractivity (Wildman–Crippen MR) is 72.5 cm³/mol. The minimum atomic E-state index is -0.161. The molecule has 1 saturated carbocycles. The Morgan fingerprint density at radius 1 is 1.33 bits per heavy atom. The van der Waals surface area contributed by atoms with Crippen LogP contribution in [0.5, 0.6) is 0 Å². The van der Waals surface area contributed by atoms with E-state index in [1.807, 2.05) is 6.07 Å². The minimum absolute atomic E-state index is 0.161. The van der Waals surface area contributed by atoms with Gasteiger partial charge in [-0.2, -0.15) is 0 Å². The number of hydrogen-bond acceptors (Lipinski definition) is 5. The van der Waals surface area contributed by atoms with Gasteiger partial charge in [0.15, 0.2) is 4.34 Å². The lowest BCUT2D eigenvalue weighted by Crippen LogP contribution is -1.99. The summed E-state index contributed by atoms with van der Waals surface area (Å²) in [4.78, 5) is 0. The number of nitrogens with one attached hydrogen (secondary N) is 1. The van der Waals surface area contributed by atoms with Gasteiger partial charge in [0.05, 0.1) is 0 Å². The molecule has 1 aromatic carbocycles. The van der Waals surface area contributed by atoms with E-state index in [4.69, 9.17) is 0 Å². The highest BCUT2D eigenvalue weighted by atomic mass is 32.2. The molecule has 6 heteroatoms. The lowest BCUT2D eigenvalue weighted by atomic mass is 10.2. The molecule has 0 atom stereocenters. The van der Waals surface area contributed by atoms with Crippen LogP contribution in [0.2, 0.25) is 0 Å². The standard InChI is InChI=1S/C12H12FN3S2/c13-10-4-2-1-3-8(10)7-17-12-16-15-11(18-12)14-9-5-6-9/h1-4,9H,5-7H2,(H,14,15). The highest BCUT2D eigenvalue weighted by Gasteiger charge is 2.22. The molecule has 1 aromatic heterocycles. The SMILES string of the molecule is Fc1ccccc1CSc1nnc(NC2CC2)s1. The quantitative estimate of drug-likeness (QED) is 0.851. The van der Waals surface area contributed by atoms with Gasteiger partial charge in [0.1, 0.15) is 5.82 Å². The van der Waals surface area contributed by atoms with E-state index in [2.05, 4.69) is 15.5 Å². The van der Waals surface area contributed by atoms with E-state index in [1.165, 1.54) is 42.0 Å². The summed E-state index contributed by atoms with van der Waals surface area (Å²) in [6.07, 6.45) is 2.44. The number of aromatic nitrogens is 2. The fourth-order valence-electron chi connectivity index (χ4n) is 1.48. The fraction of sp³-hybridized carbons (Fsp3) is 0.333. The Hall–Kier alpha value is -1.14. The van der Waals surface area contributed by atoms with Crippen LogP contribution in [0.25, 0.3) is 0 Å². The van der Waals surface area contributed by atoms with E-state index < -0.39 is 0 Å². The molecule has 1 aliphatic carbocycles. The second-order valence-electron chi connectivity index (χ2n) is 4.17. The van der Waals surface area contributed by atoms with Gasteiger partial charge in [0.25, 0.3) is 0 Å². The fourth-order valence-corrected chi connectivity index (χ4v) is 3.30. The summed E-state index contributed by atoms with van der Waals surface area (Å²) in [7, 11) is 0. The van der Waals surface area contributed by atoms with Gasteiger partial charge in [-0.3, -0.25) is 0 Å². The maximum absolute atomic E-state index is 13.4. The Labute approximate surface area is 113 Å². The van der Waals surface area contributed by atoms with Crippen molar-refractivity contribution in [2.75, 3.05) is 5.32 Å². The average Bonchev–Trinajstić information content (AvgIpc) is 3.06. The van der Waals surface area contributed by atoms with Crippen LogP contribution in [0, 0.1) is 5.82 Å². The van der Waals surface area contributed by atoms with E-state index in [1.54, 1.807) is 12.1 Å². The molecule has 0 aliphatic heterocycles. The third kappa shape index (κ3) is 3.00. The Balaban J connectivity index is 1.59. The molecule has 0 bridgehead atoms. The van der Waals surface area contributed by atoms with Crippen molar-refractivity contribution in [2.45, 2.75) is 29.0 Å². The number of anilines is 1. The van der Waals surface area contributed by atoms with Gasteiger partial charge < -0.3 is 5.32 Å². The van der Waals surface area contributed by atoms with E-state index in [9.17, 15) is 4.39 Å². The van der Waals surface area contributed by atoms with Crippen LogP contribution in [0.15, 0.2) is 28.6 Å². The summed E-state index contributed by atoms with van der Waals surface area (Å²) in [6, 6.07) is 7.41. The molecule has 3 rings (SSSR count). The molecular weight excluding hydrogens is 269 g/mol. The zero-order valence-electron chi connectivity index (χ0n) is 9.60. The molecule has 1 heterocycles. The molecule has 2 aromatic rings. The first-order valence-corrected chi connectivity index (χ1v) is 7.58. The first-order chi connectivity index (χ1) is 8.81. The summed E-state index contributed by atoms with van der Waals surface area (Å²) < 4.78 is 14.3. The Morgan fingerprint density at radius 2 is 2.17 bits per heavy atom. The molecule has 0 spiro atoms. The van der Waals surface area contributed by atoms with Crippen LogP contribution in [-0.2, 0) is 5.75 Å². The predicted octanol–water partition coefficient (Wildman–Crippen LogP) is 3.54. The van der Waals surface area contributed by atoms with E-state index >= 15 is 0 Å². The summed E-state index contributed by atoms with van der Waals surface area (Å²) in [6.45, 7) is 0. The monoisotopic (exact) mass is 281 g/mol. The third-order valence-corrected chi connectivity index (χ3v) is 4.66. The van der Waals surface area contributed by atoms with Crippen molar-refractivity contribution in [1.82, 2.24) is 10.2 Å². The van der Waals surface area contributed by atoms with Gasteiger partial charge in [0, 0.05) is 11.8 Å². The highest BCUT2D eigenvalue weighted by molar-refractivity contribution is 8.00. The molecule has 1 fully saturated rings. The van der Waals surface area contributed by atoms with Gasteiger partial charge >= 0.3 is 0 Å². The van der Waals surface area contributed by atoms with Crippen molar-refractivity contribution in [3.05, 3.63) is 35.6 Å². The maximum Gasteiger partial charge on any atom is 0.206 e. The number of rotatable bonds is 5. The number of thioether (sulfide) groups is 1. The van der Waals surface area contributed by atoms with E-state index in [0.29, 0.717) is 17.4 Å². The minimum Gasteiger partial charge on any atom is -0.357 e. The maximum atomic E-state index is 13.4. The molecular formula is C12H12FN3S2. The first kappa shape index (κ1) is 11.9. The van der Waals surface area contributed by atoms with Crippen LogP contribution in [0.4, 0.5) is 9.52 Å². The van der Waals surface area contributed by atoms with Gasteiger partial charge in [-0.25, -0.2) is 4.39 Å². The molecule has 0 unspecified atom stereocenters. The van der Waals surface area contributed by atoms with Gasteiger partial charge in [-0.1, -0.05) is 41.3 Å². The molecule has 1 N–H and O–H groups in total. The Bertz CT molecular complexity index is 540. The van der Waals surface area contributed by atoms with E-state index in [-0.39, 0.29) is 5.82 Å². The van der Waals surface area contributed by atoms with Crippen molar-refractivity contribution in [1.29, 1.82) is 0 Å². The van der Waals surface area contributed by atoms with Crippen LogP contribution in [-0.4, -0.2) is 16.2 Å². The molecule has 3 nitrogen and oxygen atoms in total. The summed E-state index contributed by atoms with van der Waals surface area (Å²) in [5.41, 5.74) is 0.703. The Kier molecular flexibility index (Phi) is 3.47. The largest absolute Gasteiger partial charge is 0.357 e. The molecule has 0 radical (unpaired) electrons. The van der Waals surface area contributed by atoms with Crippen LogP contribution in [0.3, 0.4) is 0 Å². The van der Waals surface area contributed by atoms with Crippen molar-refractivity contribution >= 4 is 28.2 Å². The summed E-state index contributed by atoms with van der Waals surface area (Å²) in [5.74, 6) is 0.427. The smallest absolute Gasteiger partial charge is 0.206 e. The van der Waals surface area contributed by atoms with Crippen LogP contribution >= 0.6 is 23.1 Å². The zero-order valence-corrected chi connectivity index (χ0v) is 11.2. The van der Waals surface area contributed by atoms with Crippen molar-refractivity contribution in [3.8, 4) is 0 Å². The lowest BCUT2D eigenvalue weighted by molar-refractivity contribution is 0.617. The van der Waals surface area contributed by atoms with Crippen LogP contribution in [0.1, 0.15) is 18.4 Å². The van der Waals surface area contributed by atoms with Crippen LogP contribution < -0.4 is 5.32 Å². The highest BCUT2D eigenvalue weighted by Crippen LogP contribution is 2.31. The normalized spacial score (nSPS) is 14.7. The molecule has 0 saturated heterocycles. The van der Waals surface area contributed by atoms with Crippen molar-refractivity contribution in [3.63, 3.8) is 0 Å². The van der Waals surface area contributed by atoms with Gasteiger partial charge in [-0.05, 0) is 24.5 Å². The zero-order chi connectivity index (χ0) is 12.4. The summed E-state index contributed by atoms with van der Waals surface area (Å²) in [5, 5.41) is 12.3. The number of benzene rings is 1. The number of hydrogen-bond donors (Lipinski definition) is 1. The second kappa shape index (κ2) is 5.24. The molecule has 1 aliphatic rings. The second-order valence-corrected chi connectivity index (χ2v) is 6.37. The number of halogens is 1. The molecule has 0 amide bonds. The lowest BCUT2D eigenvalue weighted by Gasteiger charge is -1.99. The van der Waals surface area contributed by atoms with Gasteiger partial charge in [0.2, 0.25) is 5.13 Å². The number of nitrogens with zero attached hydrogens (tertiary/aromatic N) is 2. The average molecular weight is 281 g/mol.